The van der Waals surface area contributed by atoms with E-state index in [1.165, 1.54) is 0 Å². The highest BCUT2D eigenvalue weighted by molar-refractivity contribution is 7.92. The van der Waals surface area contributed by atoms with Crippen molar-refractivity contribution >= 4 is 9.84 Å². The predicted molar refractivity (Wildman–Crippen MR) is 87.4 cm³/mol. The van der Waals surface area contributed by atoms with Crippen molar-refractivity contribution in [1.82, 2.24) is 5.32 Å². The third-order valence-electron chi connectivity index (χ3n) is 4.39. The third kappa shape index (κ3) is 3.67. The molecule has 0 amide bonds. The van der Waals surface area contributed by atoms with E-state index < -0.39 is 9.84 Å². The number of nitrogens with one attached hydrogen (secondary N) is 1. The Bertz CT molecular complexity index is 580. The molecule has 2 atom stereocenters. The lowest BCUT2D eigenvalue weighted by Crippen LogP contribution is -2.46. The van der Waals surface area contributed by atoms with Gasteiger partial charge in [0.15, 0.2) is 9.84 Å². The average Bonchev–Trinajstić information content (AvgIpc) is 2.45. The van der Waals surface area contributed by atoms with Crippen LogP contribution in [0, 0.1) is 13.8 Å². The van der Waals surface area contributed by atoms with Gasteiger partial charge in [-0.05, 0) is 51.3 Å². The van der Waals surface area contributed by atoms with Gasteiger partial charge < -0.3 is 5.32 Å². The molecule has 21 heavy (non-hydrogen) atoms. The summed E-state index contributed by atoms with van der Waals surface area (Å²) in [5, 5.41) is 3.17. The molecule has 2 unspecified atom stereocenters. The van der Waals surface area contributed by atoms with Crippen LogP contribution in [0.15, 0.2) is 23.1 Å². The minimum atomic E-state index is -3.25. The minimum Gasteiger partial charge on any atom is -0.313 e. The van der Waals surface area contributed by atoms with Crippen LogP contribution in [0.3, 0.4) is 0 Å². The number of aryl methyl sites for hydroxylation is 2. The lowest BCUT2D eigenvalue weighted by atomic mass is 9.95. The summed E-state index contributed by atoms with van der Waals surface area (Å²) in [6.07, 6.45) is 4.91. The zero-order chi connectivity index (χ0) is 15.5. The highest BCUT2D eigenvalue weighted by Crippen LogP contribution is 2.30. The van der Waals surface area contributed by atoms with Gasteiger partial charge in [-0.2, -0.15) is 0 Å². The summed E-state index contributed by atoms with van der Waals surface area (Å²) in [5.41, 5.74) is 1.98. The fourth-order valence-electron chi connectivity index (χ4n) is 3.31. The summed E-state index contributed by atoms with van der Waals surface area (Å²) >= 11 is 0. The number of benzene rings is 1. The second-order valence-corrected chi connectivity index (χ2v) is 8.33. The van der Waals surface area contributed by atoms with Crippen molar-refractivity contribution in [2.45, 2.75) is 69.1 Å². The smallest absolute Gasteiger partial charge is 0.183 e. The predicted octanol–water partition coefficient (Wildman–Crippen LogP) is 3.39. The Kier molecular flexibility index (Phi) is 5.44. The van der Waals surface area contributed by atoms with Gasteiger partial charge in [-0.15, -0.1) is 0 Å². The molecule has 0 radical (unpaired) electrons. The Hall–Kier alpha value is -0.870. The molecule has 0 aromatic heterocycles. The highest BCUT2D eigenvalue weighted by Gasteiger charge is 2.36. The maximum Gasteiger partial charge on any atom is 0.183 e. The molecular weight excluding hydrogens is 282 g/mol. The molecule has 0 aliphatic heterocycles. The van der Waals surface area contributed by atoms with Crippen LogP contribution in [-0.4, -0.2) is 26.3 Å². The van der Waals surface area contributed by atoms with E-state index in [0.717, 1.165) is 49.8 Å². The van der Waals surface area contributed by atoms with Gasteiger partial charge in [-0.1, -0.05) is 37.5 Å². The highest BCUT2D eigenvalue weighted by atomic mass is 32.2. The topological polar surface area (TPSA) is 46.2 Å². The van der Waals surface area contributed by atoms with E-state index in [9.17, 15) is 8.42 Å². The van der Waals surface area contributed by atoms with E-state index in [0.29, 0.717) is 4.90 Å². The van der Waals surface area contributed by atoms with Crippen molar-refractivity contribution < 1.29 is 8.42 Å². The first-order valence-electron chi connectivity index (χ1n) is 8.01. The summed E-state index contributed by atoms with van der Waals surface area (Å²) in [5.74, 6) is 0. The molecule has 0 saturated heterocycles. The summed E-state index contributed by atoms with van der Waals surface area (Å²) < 4.78 is 26.1. The van der Waals surface area contributed by atoms with E-state index in [4.69, 9.17) is 0 Å². The summed E-state index contributed by atoms with van der Waals surface area (Å²) in [4.78, 5) is 0.517. The average molecular weight is 309 g/mol. The molecule has 1 aliphatic rings. The molecule has 1 fully saturated rings. The van der Waals surface area contributed by atoms with Gasteiger partial charge in [-0.3, -0.25) is 0 Å². The lowest BCUT2D eigenvalue weighted by molar-refractivity contribution is 0.371. The van der Waals surface area contributed by atoms with E-state index in [-0.39, 0.29) is 11.3 Å². The van der Waals surface area contributed by atoms with Crippen molar-refractivity contribution in [3.8, 4) is 0 Å². The van der Waals surface area contributed by atoms with Gasteiger partial charge >= 0.3 is 0 Å². The SMILES string of the molecule is CCCNC1CCCCC1S(=O)(=O)c1ccc(C)cc1C. The van der Waals surface area contributed by atoms with Crippen molar-refractivity contribution in [2.75, 3.05) is 6.54 Å². The normalized spacial score (nSPS) is 23.2. The third-order valence-corrected chi connectivity index (χ3v) is 6.83. The van der Waals surface area contributed by atoms with Crippen LogP contribution in [0.2, 0.25) is 0 Å². The molecule has 1 saturated carbocycles. The largest absolute Gasteiger partial charge is 0.313 e. The van der Waals surface area contributed by atoms with Crippen molar-refractivity contribution in [1.29, 1.82) is 0 Å². The van der Waals surface area contributed by atoms with Crippen LogP contribution < -0.4 is 5.32 Å². The molecule has 1 aromatic carbocycles. The summed E-state index contributed by atoms with van der Waals surface area (Å²) in [6.45, 7) is 6.90. The Morgan fingerprint density at radius 2 is 1.90 bits per heavy atom. The van der Waals surface area contributed by atoms with Crippen molar-refractivity contribution in [2.24, 2.45) is 0 Å². The van der Waals surface area contributed by atoms with Gasteiger partial charge in [0.05, 0.1) is 10.1 Å². The second-order valence-electron chi connectivity index (χ2n) is 6.20. The monoisotopic (exact) mass is 309 g/mol. The van der Waals surface area contributed by atoms with Gasteiger partial charge in [0, 0.05) is 6.04 Å². The first-order valence-corrected chi connectivity index (χ1v) is 9.56. The fraction of sp³-hybridized carbons (Fsp3) is 0.647. The minimum absolute atomic E-state index is 0.101. The quantitative estimate of drug-likeness (QED) is 0.907. The number of hydrogen-bond acceptors (Lipinski definition) is 3. The standard InChI is InChI=1S/C17H27NO2S/c1-4-11-18-15-7-5-6-8-17(15)21(19,20)16-10-9-13(2)12-14(16)3/h9-10,12,15,17-18H,4-8,11H2,1-3H3. The summed E-state index contributed by atoms with van der Waals surface area (Å²) in [6, 6.07) is 5.75. The first-order chi connectivity index (χ1) is 9.96. The number of rotatable bonds is 5. The molecule has 1 aliphatic carbocycles. The molecule has 1 N–H and O–H groups in total. The molecule has 1 aromatic rings. The molecule has 0 bridgehead atoms. The van der Waals surface area contributed by atoms with Gasteiger partial charge in [-0.25, -0.2) is 8.42 Å². The molecule has 0 heterocycles. The molecule has 2 rings (SSSR count). The van der Waals surface area contributed by atoms with Crippen LogP contribution in [0.25, 0.3) is 0 Å². The zero-order valence-electron chi connectivity index (χ0n) is 13.4. The Morgan fingerprint density at radius 3 is 2.57 bits per heavy atom. The van der Waals surface area contributed by atoms with E-state index in [2.05, 4.69) is 12.2 Å². The van der Waals surface area contributed by atoms with E-state index in [1.807, 2.05) is 26.0 Å². The Labute approximate surface area is 129 Å². The van der Waals surface area contributed by atoms with Gasteiger partial charge in [0.1, 0.15) is 0 Å². The van der Waals surface area contributed by atoms with Crippen molar-refractivity contribution in [3.05, 3.63) is 29.3 Å². The van der Waals surface area contributed by atoms with E-state index >= 15 is 0 Å². The van der Waals surface area contributed by atoms with Crippen LogP contribution in [0.4, 0.5) is 0 Å². The molecular formula is C17H27NO2S. The van der Waals surface area contributed by atoms with Gasteiger partial charge in [0.2, 0.25) is 0 Å². The number of sulfone groups is 1. The van der Waals surface area contributed by atoms with E-state index in [1.54, 1.807) is 6.07 Å². The Morgan fingerprint density at radius 1 is 1.19 bits per heavy atom. The summed E-state index contributed by atoms with van der Waals surface area (Å²) in [7, 11) is -3.25. The van der Waals surface area contributed by atoms with Crippen LogP contribution in [0.1, 0.15) is 50.2 Å². The van der Waals surface area contributed by atoms with Crippen LogP contribution in [-0.2, 0) is 9.84 Å². The number of hydrogen-bond donors (Lipinski definition) is 1. The maximum atomic E-state index is 13.1. The molecule has 118 valence electrons. The van der Waals surface area contributed by atoms with Crippen LogP contribution in [0.5, 0.6) is 0 Å². The van der Waals surface area contributed by atoms with Crippen LogP contribution >= 0.6 is 0 Å². The maximum absolute atomic E-state index is 13.1. The zero-order valence-corrected chi connectivity index (χ0v) is 14.2. The molecule has 3 nitrogen and oxygen atoms in total. The van der Waals surface area contributed by atoms with Gasteiger partial charge in [0.25, 0.3) is 0 Å². The fourth-order valence-corrected chi connectivity index (χ4v) is 5.55. The van der Waals surface area contributed by atoms with Crippen molar-refractivity contribution in [3.63, 3.8) is 0 Å². The lowest BCUT2D eigenvalue weighted by Gasteiger charge is -2.32. The first kappa shape index (κ1) is 16.5. The Balaban J connectivity index is 2.31. The molecule has 0 spiro atoms. The molecule has 4 heteroatoms. The second kappa shape index (κ2) is 6.93.